The van der Waals surface area contributed by atoms with Gasteiger partial charge in [0.15, 0.2) is 5.16 Å². The molecule has 5 nitrogen and oxygen atoms in total. The minimum Gasteiger partial charge on any atom is -0.494 e. The van der Waals surface area contributed by atoms with E-state index < -0.39 is 0 Å². The number of para-hydroxylation sites is 1. The van der Waals surface area contributed by atoms with E-state index in [1.54, 1.807) is 18.1 Å². The summed E-state index contributed by atoms with van der Waals surface area (Å²) < 4.78 is 13.3. The van der Waals surface area contributed by atoms with Crippen molar-refractivity contribution in [3.8, 4) is 17.2 Å². The van der Waals surface area contributed by atoms with Crippen molar-refractivity contribution in [1.82, 2.24) is 14.8 Å². The number of ether oxygens (including phenoxy) is 2. The van der Waals surface area contributed by atoms with Crippen molar-refractivity contribution in [1.29, 1.82) is 0 Å². The van der Waals surface area contributed by atoms with Crippen molar-refractivity contribution in [2.45, 2.75) is 18.5 Å². The highest BCUT2D eigenvalue weighted by Crippen LogP contribution is 2.21. The number of benzene rings is 2. The van der Waals surface area contributed by atoms with Crippen LogP contribution in [0, 0.1) is 0 Å². The maximum atomic E-state index is 5.78. The van der Waals surface area contributed by atoms with Crippen molar-refractivity contribution >= 4 is 11.8 Å². The first-order valence-corrected chi connectivity index (χ1v) is 9.29. The summed E-state index contributed by atoms with van der Waals surface area (Å²) in [6.07, 6.45) is 2.73. The Morgan fingerprint density at radius 1 is 0.920 bits per heavy atom. The Labute approximate surface area is 152 Å². The molecule has 0 unspecified atom stereocenters. The molecule has 3 rings (SSSR count). The number of aromatic nitrogens is 3. The minimum atomic E-state index is 0.599. The number of nitrogens with zero attached hydrogens (tertiary/aromatic N) is 3. The molecule has 0 saturated carbocycles. The molecule has 1 heterocycles. The fourth-order valence-electron chi connectivity index (χ4n) is 2.23. The lowest BCUT2D eigenvalue weighted by molar-refractivity contribution is 0.314. The number of hydrogen-bond acceptors (Lipinski definition) is 5. The van der Waals surface area contributed by atoms with E-state index in [4.69, 9.17) is 9.47 Å². The van der Waals surface area contributed by atoms with Crippen molar-refractivity contribution in [2.24, 2.45) is 0 Å². The second-order valence-electron chi connectivity index (χ2n) is 5.34. The summed E-state index contributed by atoms with van der Waals surface area (Å²) in [5.74, 6) is 2.51. The molecule has 2 aromatic carbocycles. The number of thioether (sulfide) groups is 1. The third-order valence-electron chi connectivity index (χ3n) is 3.43. The zero-order chi connectivity index (χ0) is 17.3. The van der Waals surface area contributed by atoms with Gasteiger partial charge in [0.25, 0.3) is 0 Å². The van der Waals surface area contributed by atoms with Crippen LogP contribution in [0.3, 0.4) is 0 Å². The average Bonchev–Trinajstić information content (AvgIpc) is 3.14. The predicted octanol–water partition coefficient (Wildman–Crippen LogP) is 4.23. The summed E-state index contributed by atoms with van der Waals surface area (Å²) in [4.78, 5) is 0. The molecule has 0 bridgehead atoms. The summed E-state index contributed by atoms with van der Waals surface area (Å²) in [5, 5.41) is 9.05. The van der Waals surface area contributed by atoms with Crippen LogP contribution in [-0.4, -0.2) is 33.7 Å². The maximum Gasteiger partial charge on any atom is 0.195 e. The monoisotopic (exact) mass is 355 g/mol. The maximum absolute atomic E-state index is 5.78. The molecule has 0 amide bonds. The summed E-state index contributed by atoms with van der Waals surface area (Å²) in [6.45, 7) is 3.42. The van der Waals surface area contributed by atoms with Crippen LogP contribution in [0.5, 0.6) is 11.5 Å². The minimum absolute atomic E-state index is 0.599. The van der Waals surface area contributed by atoms with Gasteiger partial charge in [0.1, 0.15) is 17.8 Å². The van der Waals surface area contributed by atoms with E-state index >= 15 is 0 Å². The molecule has 6 heteroatoms. The smallest absolute Gasteiger partial charge is 0.195 e. The molecular formula is C19H21N3O2S. The highest BCUT2D eigenvalue weighted by Gasteiger charge is 2.06. The Bertz CT molecular complexity index is 760. The van der Waals surface area contributed by atoms with Gasteiger partial charge in [0, 0.05) is 11.4 Å². The average molecular weight is 355 g/mol. The normalized spacial score (nSPS) is 10.6. The van der Waals surface area contributed by atoms with Crippen molar-refractivity contribution < 1.29 is 9.47 Å². The van der Waals surface area contributed by atoms with Gasteiger partial charge in [0.05, 0.1) is 13.2 Å². The van der Waals surface area contributed by atoms with Crippen LogP contribution < -0.4 is 9.47 Å². The first-order chi connectivity index (χ1) is 12.4. The summed E-state index contributed by atoms with van der Waals surface area (Å²) in [5.41, 5.74) is 1.05. The standard InChI is InChI=1S/C19H21N3O2S/c1-2-12-23-17-8-10-18(11-9-17)24-13-14-25-19-21-20-15-22(19)16-6-4-3-5-7-16/h3-11,15H,2,12-14H2,1H3. The van der Waals surface area contributed by atoms with Crippen LogP contribution in [-0.2, 0) is 0 Å². The van der Waals surface area contributed by atoms with E-state index in [1.807, 2.05) is 59.2 Å². The molecule has 3 aromatic rings. The van der Waals surface area contributed by atoms with Gasteiger partial charge in [-0.2, -0.15) is 0 Å². The van der Waals surface area contributed by atoms with Gasteiger partial charge in [-0.25, -0.2) is 0 Å². The second kappa shape index (κ2) is 9.13. The van der Waals surface area contributed by atoms with Gasteiger partial charge in [-0.05, 0) is 42.8 Å². The molecule has 0 spiro atoms. The van der Waals surface area contributed by atoms with Gasteiger partial charge in [-0.3, -0.25) is 4.57 Å². The van der Waals surface area contributed by atoms with E-state index in [9.17, 15) is 0 Å². The summed E-state index contributed by atoms with van der Waals surface area (Å²) >= 11 is 1.62. The zero-order valence-electron chi connectivity index (χ0n) is 14.2. The SMILES string of the molecule is CCCOc1ccc(OCCSc2nncn2-c2ccccc2)cc1. The molecule has 0 radical (unpaired) electrons. The third-order valence-corrected chi connectivity index (χ3v) is 4.34. The fraction of sp³-hybridized carbons (Fsp3) is 0.263. The number of hydrogen-bond donors (Lipinski definition) is 0. The lowest BCUT2D eigenvalue weighted by Crippen LogP contribution is -2.02. The fourth-order valence-corrected chi connectivity index (χ4v) is 2.98. The van der Waals surface area contributed by atoms with Crippen LogP contribution in [0.25, 0.3) is 5.69 Å². The molecule has 0 aliphatic carbocycles. The highest BCUT2D eigenvalue weighted by atomic mass is 32.2. The van der Waals surface area contributed by atoms with Crippen LogP contribution in [0.4, 0.5) is 0 Å². The molecule has 0 aliphatic rings. The van der Waals surface area contributed by atoms with Crippen LogP contribution >= 0.6 is 11.8 Å². The number of rotatable bonds is 9. The largest absolute Gasteiger partial charge is 0.494 e. The van der Waals surface area contributed by atoms with Crippen LogP contribution in [0.1, 0.15) is 13.3 Å². The second-order valence-corrected chi connectivity index (χ2v) is 6.40. The van der Waals surface area contributed by atoms with Gasteiger partial charge in [-0.15, -0.1) is 10.2 Å². The molecule has 0 N–H and O–H groups in total. The van der Waals surface area contributed by atoms with E-state index in [2.05, 4.69) is 17.1 Å². The quantitative estimate of drug-likeness (QED) is 0.425. The molecule has 130 valence electrons. The summed E-state index contributed by atoms with van der Waals surface area (Å²) in [7, 11) is 0. The lowest BCUT2D eigenvalue weighted by Gasteiger charge is -2.08. The molecule has 25 heavy (non-hydrogen) atoms. The third kappa shape index (κ3) is 5.00. The Morgan fingerprint density at radius 2 is 1.60 bits per heavy atom. The van der Waals surface area contributed by atoms with Crippen molar-refractivity contribution in [3.05, 3.63) is 60.9 Å². The summed E-state index contributed by atoms with van der Waals surface area (Å²) in [6, 6.07) is 17.8. The Balaban J connectivity index is 1.47. The Kier molecular flexibility index (Phi) is 6.34. The molecule has 0 atom stereocenters. The van der Waals surface area contributed by atoms with Crippen LogP contribution in [0.15, 0.2) is 66.1 Å². The molecule has 1 aromatic heterocycles. The van der Waals surface area contributed by atoms with Gasteiger partial charge < -0.3 is 9.47 Å². The lowest BCUT2D eigenvalue weighted by atomic mass is 10.3. The Hall–Kier alpha value is -2.47. The molecule has 0 aliphatic heterocycles. The molecule has 0 fully saturated rings. The van der Waals surface area contributed by atoms with Crippen molar-refractivity contribution in [2.75, 3.05) is 19.0 Å². The molecular weight excluding hydrogens is 334 g/mol. The van der Waals surface area contributed by atoms with Gasteiger partial charge in [-0.1, -0.05) is 36.9 Å². The van der Waals surface area contributed by atoms with E-state index in [-0.39, 0.29) is 0 Å². The van der Waals surface area contributed by atoms with E-state index in [0.717, 1.165) is 41.1 Å². The molecule has 0 saturated heterocycles. The van der Waals surface area contributed by atoms with Gasteiger partial charge in [0.2, 0.25) is 0 Å². The van der Waals surface area contributed by atoms with Gasteiger partial charge >= 0.3 is 0 Å². The zero-order valence-corrected chi connectivity index (χ0v) is 15.0. The van der Waals surface area contributed by atoms with Crippen molar-refractivity contribution in [3.63, 3.8) is 0 Å². The predicted molar refractivity (Wildman–Crippen MR) is 99.8 cm³/mol. The highest BCUT2D eigenvalue weighted by molar-refractivity contribution is 7.99. The first kappa shape index (κ1) is 17.4. The first-order valence-electron chi connectivity index (χ1n) is 8.30. The van der Waals surface area contributed by atoms with E-state index in [0.29, 0.717) is 6.61 Å². The van der Waals surface area contributed by atoms with E-state index in [1.165, 1.54) is 0 Å². The topological polar surface area (TPSA) is 49.2 Å². The van der Waals surface area contributed by atoms with Crippen LogP contribution in [0.2, 0.25) is 0 Å². The Morgan fingerprint density at radius 3 is 2.28 bits per heavy atom.